The quantitative estimate of drug-likeness (QED) is 0.710. The van der Waals surface area contributed by atoms with Gasteiger partial charge >= 0.3 is 0 Å². The Kier molecular flexibility index (Phi) is 7.08. The Morgan fingerprint density at radius 1 is 1.15 bits per heavy atom. The Hall–Kier alpha value is -2.02. The number of hydrogen-bond donors (Lipinski definition) is 1. The van der Waals surface area contributed by atoms with Crippen molar-refractivity contribution in [3.63, 3.8) is 0 Å². The molecule has 6 nitrogen and oxygen atoms in total. The molecule has 0 saturated carbocycles. The number of benzene rings is 1. The first-order chi connectivity index (χ1) is 12.3. The summed E-state index contributed by atoms with van der Waals surface area (Å²) in [5.41, 5.74) is 0.969. The molecule has 0 spiro atoms. The summed E-state index contributed by atoms with van der Waals surface area (Å²) in [6.45, 7) is 10.4. The summed E-state index contributed by atoms with van der Waals surface area (Å²) in [7, 11) is 1.64. The fraction of sp³-hybridized carbons (Fsp3) is 0.526. The highest BCUT2D eigenvalue weighted by atomic mass is 32.2. The molecule has 1 amide bonds. The molecule has 0 fully saturated rings. The number of carbonyl (C=O) groups excluding carboxylic acids is 1. The molecule has 0 radical (unpaired) electrons. The average molecular weight is 377 g/mol. The van der Waals surface area contributed by atoms with Gasteiger partial charge in [-0.3, -0.25) is 9.36 Å². The fourth-order valence-electron chi connectivity index (χ4n) is 2.37. The van der Waals surface area contributed by atoms with E-state index in [1.807, 2.05) is 31.2 Å². The Labute approximate surface area is 159 Å². The smallest absolute Gasteiger partial charge is 0.230 e. The van der Waals surface area contributed by atoms with Crippen LogP contribution in [0.25, 0.3) is 11.4 Å². The molecule has 142 valence electrons. The van der Waals surface area contributed by atoms with E-state index >= 15 is 0 Å². The van der Waals surface area contributed by atoms with E-state index in [4.69, 9.17) is 4.74 Å². The Morgan fingerprint density at radius 2 is 1.81 bits per heavy atom. The normalized spacial score (nSPS) is 12.5. The van der Waals surface area contributed by atoms with E-state index in [2.05, 4.69) is 47.8 Å². The zero-order valence-corrected chi connectivity index (χ0v) is 17.1. The number of rotatable bonds is 8. The maximum absolute atomic E-state index is 12.2. The van der Waals surface area contributed by atoms with Crippen LogP contribution in [0.2, 0.25) is 0 Å². The van der Waals surface area contributed by atoms with Crippen LogP contribution in [0.5, 0.6) is 5.75 Å². The number of aromatic nitrogens is 3. The van der Waals surface area contributed by atoms with Crippen molar-refractivity contribution < 1.29 is 9.53 Å². The van der Waals surface area contributed by atoms with E-state index in [0.717, 1.165) is 22.3 Å². The summed E-state index contributed by atoms with van der Waals surface area (Å²) in [6, 6.07) is 8.08. The number of nitrogens with one attached hydrogen (secondary N) is 1. The summed E-state index contributed by atoms with van der Waals surface area (Å²) in [5, 5.41) is 12.4. The summed E-state index contributed by atoms with van der Waals surface area (Å²) < 4.78 is 7.27. The lowest BCUT2D eigenvalue weighted by atomic mass is 10.1. The molecule has 0 bridgehead atoms. The maximum atomic E-state index is 12.2. The third-order valence-electron chi connectivity index (χ3n) is 4.25. The predicted octanol–water partition coefficient (Wildman–Crippen LogP) is 3.79. The van der Waals surface area contributed by atoms with E-state index in [9.17, 15) is 4.79 Å². The van der Waals surface area contributed by atoms with Gasteiger partial charge < -0.3 is 10.1 Å². The standard InChI is InChI=1S/C19H28N4O2S/c1-12(2)14(5)20-17(24)11-26-19-22-21-18(23(19)13(3)4)15-7-9-16(25-6)10-8-15/h7-10,12-14H,11H2,1-6H3,(H,20,24)/t14-/m0/s1. The second-order valence-corrected chi connectivity index (χ2v) is 7.83. The second kappa shape index (κ2) is 9.07. The van der Waals surface area contributed by atoms with Crippen LogP contribution < -0.4 is 10.1 Å². The van der Waals surface area contributed by atoms with E-state index in [1.165, 1.54) is 11.8 Å². The largest absolute Gasteiger partial charge is 0.497 e. The number of nitrogens with zero attached hydrogens (tertiary/aromatic N) is 3. The van der Waals surface area contributed by atoms with Gasteiger partial charge in [0.25, 0.3) is 0 Å². The molecule has 2 rings (SSSR count). The molecule has 1 aromatic carbocycles. The minimum absolute atomic E-state index is 0.0144. The number of carbonyl (C=O) groups is 1. The molecule has 0 aliphatic rings. The SMILES string of the molecule is COc1ccc(-c2nnc(SCC(=O)N[C@@H](C)C(C)C)n2C(C)C)cc1. The molecule has 7 heteroatoms. The fourth-order valence-corrected chi connectivity index (χ4v) is 3.25. The van der Waals surface area contributed by atoms with Gasteiger partial charge in [0, 0.05) is 17.6 Å². The van der Waals surface area contributed by atoms with Gasteiger partial charge in [0.05, 0.1) is 12.9 Å². The van der Waals surface area contributed by atoms with Crippen molar-refractivity contribution in [2.24, 2.45) is 5.92 Å². The molecule has 1 aromatic heterocycles. The van der Waals surface area contributed by atoms with Gasteiger partial charge in [0.1, 0.15) is 5.75 Å². The Morgan fingerprint density at radius 3 is 2.35 bits per heavy atom. The lowest BCUT2D eigenvalue weighted by molar-refractivity contribution is -0.119. The molecule has 1 atom stereocenters. The maximum Gasteiger partial charge on any atom is 0.230 e. The van der Waals surface area contributed by atoms with Gasteiger partial charge in [-0.05, 0) is 51.0 Å². The molecule has 26 heavy (non-hydrogen) atoms. The number of amides is 1. The van der Waals surface area contributed by atoms with Crippen LogP contribution in [0.3, 0.4) is 0 Å². The summed E-state index contributed by atoms with van der Waals surface area (Å²) in [4.78, 5) is 12.2. The van der Waals surface area contributed by atoms with Gasteiger partial charge in [0.2, 0.25) is 5.91 Å². The topological polar surface area (TPSA) is 69.0 Å². The molecule has 0 unspecified atom stereocenters. The minimum atomic E-state index is 0.0144. The zero-order valence-electron chi connectivity index (χ0n) is 16.3. The summed E-state index contributed by atoms with van der Waals surface area (Å²) in [6.07, 6.45) is 0. The number of thioether (sulfide) groups is 1. The van der Waals surface area contributed by atoms with E-state index in [1.54, 1.807) is 7.11 Å². The van der Waals surface area contributed by atoms with Crippen molar-refractivity contribution in [2.45, 2.75) is 51.9 Å². The highest BCUT2D eigenvalue weighted by Crippen LogP contribution is 2.28. The van der Waals surface area contributed by atoms with Gasteiger partial charge in [-0.25, -0.2) is 0 Å². The molecule has 1 heterocycles. The third-order valence-corrected chi connectivity index (χ3v) is 5.19. The van der Waals surface area contributed by atoms with E-state index < -0.39 is 0 Å². The highest BCUT2D eigenvalue weighted by molar-refractivity contribution is 7.99. The highest BCUT2D eigenvalue weighted by Gasteiger charge is 2.18. The molecule has 0 saturated heterocycles. The summed E-state index contributed by atoms with van der Waals surface area (Å²) in [5.74, 6) is 2.34. The van der Waals surface area contributed by atoms with Gasteiger partial charge in [-0.2, -0.15) is 0 Å². The van der Waals surface area contributed by atoms with Crippen LogP contribution in [-0.4, -0.2) is 39.6 Å². The molecular formula is C19H28N4O2S. The third kappa shape index (κ3) is 5.00. The van der Waals surface area contributed by atoms with Crippen molar-refractivity contribution in [1.82, 2.24) is 20.1 Å². The number of ether oxygens (including phenoxy) is 1. The van der Waals surface area contributed by atoms with Crippen LogP contribution in [0.15, 0.2) is 29.4 Å². The van der Waals surface area contributed by atoms with Gasteiger partial charge in [0.15, 0.2) is 11.0 Å². The second-order valence-electron chi connectivity index (χ2n) is 6.89. The predicted molar refractivity (Wildman–Crippen MR) is 106 cm³/mol. The van der Waals surface area contributed by atoms with Gasteiger partial charge in [-0.1, -0.05) is 25.6 Å². The summed E-state index contributed by atoms with van der Waals surface area (Å²) >= 11 is 1.41. The number of methoxy groups -OCH3 is 1. The van der Waals surface area contributed by atoms with Crippen molar-refractivity contribution >= 4 is 17.7 Å². The lowest BCUT2D eigenvalue weighted by Gasteiger charge is -2.17. The average Bonchev–Trinajstić information content (AvgIpc) is 3.04. The van der Waals surface area contributed by atoms with Crippen LogP contribution in [0, 0.1) is 5.92 Å². The monoisotopic (exact) mass is 376 g/mol. The van der Waals surface area contributed by atoms with Gasteiger partial charge in [-0.15, -0.1) is 10.2 Å². The van der Waals surface area contributed by atoms with Crippen LogP contribution in [-0.2, 0) is 4.79 Å². The lowest BCUT2D eigenvalue weighted by Crippen LogP contribution is -2.37. The molecule has 0 aliphatic heterocycles. The van der Waals surface area contributed by atoms with Crippen molar-refractivity contribution in [2.75, 3.05) is 12.9 Å². The molecule has 1 N–H and O–H groups in total. The Bertz CT molecular complexity index is 726. The molecular weight excluding hydrogens is 348 g/mol. The Balaban J connectivity index is 2.14. The van der Waals surface area contributed by atoms with Crippen LogP contribution in [0.4, 0.5) is 0 Å². The first-order valence-electron chi connectivity index (χ1n) is 8.85. The number of hydrogen-bond acceptors (Lipinski definition) is 5. The minimum Gasteiger partial charge on any atom is -0.497 e. The first-order valence-corrected chi connectivity index (χ1v) is 9.83. The van der Waals surface area contributed by atoms with E-state index in [0.29, 0.717) is 11.7 Å². The van der Waals surface area contributed by atoms with E-state index in [-0.39, 0.29) is 18.0 Å². The molecule has 0 aliphatic carbocycles. The van der Waals surface area contributed by atoms with Crippen molar-refractivity contribution in [3.05, 3.63) is 24.3 Å². The molecule has 2 aromatic rings. The van der Waals surface area contributed by atoms with Crippen LogP contribution >= 0.6 is 11.8 Å². The first kappa shape index (κ1) is 20.3. The van der Waals surface area contributed by atoms with Crippen molar-refractivity contribution in [1.29, 1.82) is 0 Å². The van der Waals surface area contributed by atoms with Crippen LogP contribution in [0.1, 0.15) is 40.7 Å². The zero-order chi connectivity index (χ0) is 19.3. The van der Waals surface area contributed by atoms with Crippen molar-refractivity contribution in [3.8, 4) is 17.1 Å².